The second-order valence-corrected chi connectivity index (χ2v) is 9.23. The second-order valence-electron chi connectivity index (χ2n) is 7.34. The Kier molecular flexibility index (Phi) is 6.69. The van der Waals surface area contributed by atoms with Gasteiger partial charge in [-0.25, -0.2) is 4.98 Å². The van der Waals surface area contributed by atoms with Crippen LogP contribution in [0.15, 0.2) is 47.2 Å². The van der Waals surface area contributed by atoms with Gasteiger partial charge in [0.1, 0.15) is 5.01 Å². The monoisotopic (exact) mass is 440 g/mol. The number of thiophene rings is 1. The summed E-state index contributed by atoms with van der Waals surface area (Å²) in [7, 11) is 0. The second kappa shape index (κ2) is 9.61. The predicted molar refractivity (Wildman–Crippen MR) is 122 cm³/mol. The van der Waals surface area contributed by atoms with Gasteiger partial charge in [0.2, 0.25) is 5.91 Å². The van der Waals surface area contributed by atoms with Crippen molar-refractivity contribution in [2.75, 3.05) is 38.0 Å². The molecule has 1 N–H and O–H groups in total. The molecule has 4 rings (SSSR count). The van der Waals surface area contributed by atoms with Crippen LogP contribution in [0.4, 0.5) is 5.69 Å². The van der Waals surface area contributed by atoms with Gasteiger partial charge < -0.3 is 5.32 Å². The maximum atomic E-state index is 12.3. The van der Waals surface area contributed by atoms with E-state index in [1.165, 1.54) is 11.8 Å². The molecule has 156 valence electrons. The molecule has 3 aromatic rings. The lowest BCUT2D eigenvalue weighted by Gasteiger charge is -2.33. The highest BCUT2D eigenvalue weighted by molar-refractivity contribution is 7.14. The molecule has 0 spiro atoms. The topological polar surface area (TPSA) is 65.5 Å². The minimum absolute atomic E-state index is 0.0197. The number of rotatable bonds is 7. The third-order valence-electron chi connectivity index (χ3n) is 5.09. The Morgan fingerprint density at radius 2 is 1.77 bits per heavy atom. The quantitative estimate of drug-likeness (QED) is 0.566. The van der Waals surface area contributed by atoms with E-state index in [1.54, 1.807) is 46.9 Å². The number of anilines is 1. The highest BCUT2D eigenvalue weighted by Gasteiger charge is 2.20. The number of benzene rings is 1. The molecule has 0 aliphatic carbocycles. The van der Waals surface area contributed by atoms with Gasteiger partial charge in [-0.1, -0.05) is 6.07 Å². The van der Waals surface area contributed by atoms with E-state index in [9.17, 15) is 9.59 Å². The first-order valence-electron chi connectivity index (χ1n) is 9.90. The first kappa shape index (κ1) is 20.9. The number of hydrogen-bond acceptors (Lipinski definition) is 7. The van der Waals surface area contributed by atoms with Crippen molar-refractivity contribution in [1.29, 1.82) is 0 Å². The summed E-state index contributed by atoms with van der Waals surface area (Å²) in [6.45, 7) is 6.34. The third kappa shape index (κ3) is 5.40. The van der Waals surface area contributed by atoms with Gasteiger partial charge in [-0.05, 0) is 42.6 Å². The Labute approximate surface area is 184 Å². The fourth-order valence-electron chi connectivity index (χ4n) is 3.41. The Morgan fingerprint density at radius 1 is 1.03 bits per heavy atom. The fraction of sp³-hybridized carbons (Fsp3) is 0.318. The normalized spacial score (nSPS) is 15.2. The summed E-state index contributed by atoms with van der Waals surface area (Å²) in [6, 6.07) is 11.2. The summed E-state index contributed by atoms with van der Waals surface area (Å²) in [5, 5.41) is 8.25. The first-order valence-corrected chi connectivity index (χ1v) is 11.7. The molecule has 1 amide bonds. The van der Waals surface area contributed by atoms with Crippen molar-refractivity contribution in [3.63, 3.8) is 0 Å². The van der Waals surface area contributed by atoms with Crippen molar-refractivity contribution in [2.45, 2.75) is 13.5 Å². The zero-order valence-corrected chi connectivity index (χ0v) is 18.5. The summed E-state index contributed by atoms with van der Waals surface area (Å²) in [6.07, 6.45) is 0. The van der Waals surface area contributed by atoms with Crippen LogP contribution in [-0.2, 0) is 11.3 Å². The highest BCUT2D eigenvalue weighted by Crippen LogP contribution is 2.26. The largest absolute Gasteiger partial charge is 0.325 e. The smallest absolute Gasteiger partial charge is 0.238 e. The van der Waals surface area contributed by atoms with Crippen molar-refractivity contribution >= 4 is 40.1 Å². The number of piperazine rings is 1. The molecule has 6 nitrogen and oxygen atoms in total. The number of thiazole rings is 1. The minimum Gasteiger partial charge on any atom is -0.325 e. The summed E-state index contributed by atoms with van der Waals surface area (Å²) in [5.74, 6) is -0.00854. The average molecular weight is 441 g/mol. The lowest BCUT2D eigenvalue weighted by Crippen LogP contribution is -2.48. The van der Waals surface area contributed by atoms with E-state index >= 15 is 0 Å². The van der Waals surface area contributed by atoms with Gasteiger partial charge in [-0.2, -0.15) is 0 Å². The first-order chi connectivity index (χ1) is 14.6. The molecular formula is C22H24N4O2S2. The maximum absolute atomic E-state index is 12.3. The van der Waals surface area contributed by atoms with Gasteiger partial charge >= 0.3 is 0 Å². The Hall–Kier alpha value is -2.39. The lowest BCUT2D eigenvalue weighted by molar-refractivity contribution is -0.117. The van der Waals surface area contributed by atoms with Crippen molar-refractivity contribution in [1.82, 2.24) is 14.8 Å². The van der Waals surface area contributed by atoms with E-state index in [-0.39, 0.29) is 11.7 Å². The highest BCUT2D eigenvalue weighted by atomic mass is 32.1. The molecule has 30 heavy (non-hydrogen) atoms. The van der Waals surface area contributed by atoms with Gasteiger partial charge in [0.15, 0.2) is 5.78 Å². The molecule has 1 aliphatic heterocycles. The van der Waals surface area contributed by atoms with Crippen molar-refractivity contribution < 1.29 is 9.59 Å². The zero-order chi connectivity index (χ0) is 20.9. The summed E-state index contributed by atoms with van der Waals surface area (Å²) < 4.78 is 0. The number of Topliss-reactive ketones (excluding diaryl/α,β-unsaturated/α-hetero) is 1. The number of aromatic nitrogens is 1. The van der Waals surface area contributed by atoms with E-state index in [0.29, 0.717) is 17.8 Å². The number of carbonyl (C=O) groups is 2. The zero-order valence-electron chi connectivity index (χ0n) is 16.8. The molecule has 8 heteroatoms. The van der Waals surface area contributed by atoms with E-state index in [0.717, 1.165) is 43.4 Å². The van der Waals surface area contributed by atoms with Crippen molar-refractivity contribution in [3.8, 4) is 10.6 Å². The minimum atomic E-state index is -0.0282. The molecule has 0 radical (unpaired) electrons. The van der Waals surface area contributed by atoms with Gasteiger partial charge in [-0.15, -0.1) is 22.7 Å². The predicted octanol–water partition coefficient (Wildman–Crippen LogP) is 3.83. The Bertz CT molecular complexity index is 991. The van der Waals surface area contributed by atoms with E-state index in [2.05, 4.69) is 38.0 Å². The average Bonchev–Trinajstić information content (AvgIpc) is 3.42. The fourth-order valence-corrected chi connectivity index (χ4v) is 5.01. The molecule has 1 aliphatic rings. The lowest BCUT2D eigenvalue weighted by atomic mass is 10.1. The van der Waals surface area contributed by atoms with E-state index < -0.39 is 0 Å². The number of hydrogen-bond donors (Lipinski definition) is 1. The molecule has 0 atom stereocenters. The molecule has 2 aromatic heterocycles. The van der Waals surface area contributed by atoms with Crippen LogP contribution in [0, 0.1) is 0 Å². The van der Waals surface area contributed by atoms with Crippen LogP contribution in [0.2, 0.25) is 0 Å². The number of amides is 1. The van der Waals surface area contributed by atoms with Gasteiger partial charge in [0, 0.05) is 42.8 Å². The number of carbonyl (C=O) groups excluding carboxylic acids is 2. The van der Waals surface area contributed by atoms with Crippen molar-refractivity contribution in [2.24, 2.45) is 0 Å². The maximum Gasteiger partial charge on any atom is 0.238 e. The van der Waals surface area contributed by atoms with Crippen molar-refractivity contribution in [3.05, 3.63) is 57.7 Å². The number of ketones is 1. The number of nitrogens with zero attached hydrogens (tertiary/aromatic N) is 3. The molecule has 3 heterocycles. The SMILES string of the molecule is CC(=O)c1ccc(NC(=O)CN2CCN(Cc3nc(-c4cccs4)cs3)CC2)cc1. The molecular weight excluding hydrogens is 416 g/mol. The van der Waals surface area contributed by atoms with Crippen LogP contribution in [0.5, 0.6) is 0 Å². The summed E-state index contributed by atoms with van der Waals surface area (Å²) in [4.78, 5) is 34.2. The standard InChI is InChI=1S/C22H24N4O2S2/c1-16(27)17-4-6-18(7-5-17)23-21(28)13-25-8-10-26(11-9-25)14-22-24-19(15-30-22)20-3-2-12-29-20/h2-7,12,15H,8-11,13-14H2,1H3,(H,23,28). The molecule has 1 aromatic carbocycles. The van der Waals surface area contributed by atoms with Crippen LogP contribution in [0.3, 0.4) is 0 Å². The summed E-state index contributed by atoms with van der Waals surface area (Å²) in [5.41, 5.74) is 2.43. The van der Waals surface area contributed by atoms with Gasteiger partial charge in [-0.3, -0.25) is 19.4 Å². The van der Waals surface area contributed by atoms with Crippen LogP contribution in [0.1, 0.15) is 22.3 Å². The number of nitrogens with one attached hydrogen (secondary N) is 1. The van der Waals surface area contributed by atoms with E-state index in [4.69, 9.17) is 4.98 Å². The van der Waals surface area contributed by atoms with Crippen LogP contribution < -0.4 is 5.32 Å². The molecule has 0 unspecified atom stereocenters. The Balaban J connectivity index is 1.21. The van der Waals surface area contributed by atoms with Crippen LogP contribution >= 0.6 is 22.7 Å². The summed E-state index contributed by atoms with van der Waals surface area (Å²) >= 11 is 3.43. The molecule has 1 fully saturated rings. The van der Waals surface area contributed by atoms with Crippen LogP contribution in [0.25, 0.3) is 10.6 Å². The molecule has 0 saturated carbocycles. The molecule has 0 bridgehead atoms. The molecule has 1 saturated heterocycles. The Morgan fingerprint density at radius 3 is 2.43 bits per heavy atom. The van der Waals surface area contributed by atoms with Gasteiger partial charge in [0.25, 0.3) is 0 Å². The van der Waals surface area contributed by atoms with Gasteiger partial charge in [0.05, 0.1) is 23.7 Å². The van der Waals surface area contributed by atoms with E-state index in [1.807, 2.05) is 0 Å². The van der Waals surface area contributed by atoms with Crippen LogP contribution in [-0.4, -0.2) is 59.2 Å². The third-order valence-corrected chi connectivity index (χ3v) is 6.82.